The molecule has 1 fully saturated rings. The van der Waals surface area contributed by atoms with E-state index < -0.39 is 6.10 Å². The molecule has 0 saturated carbocycles. The Labute approximate surface area is 198 Å². The van der Waals surface area contributed by atoms with Crippen molar-refractivity contribution < 1.29 is 18.7 Å². The maximum Gasteiger partial charge on any atom is 0.265 e. The number of hydrogen-bond acceptors (Lipinski definition) is 5. The second-order valence-corrected chi connectivity index (χ2v) is 8.66. The summed E-state index contributed by atoms with van der Waals surface area (Å²) in [6.07, 6.45) is 0.616. The van der Waals surface area contributed by atoms with Crippen LogP contribution in [0.4, 0.5) is 15.8 Å². The highest BCUT2D eigenvalue weighted by Crippen LogP contribution is 2.39. The highest BCUT2D eigenvalue weighted by Gasteiger charge is 2.30. The van der Waals surface area contributed by atoms with E-state index >= 15 is 0 Å². The van der Waals surface area contributed by atoms with Crippen molar-refractivity contribution in [2.24, 2.45) is 10.7 Å². The first-order valence-corrected chi connectivity index (χ1v) is 11.5. The third-order valence-electron chi connectivity index (χ3n) is 6.18. The summed E-state index contributed by atoms with van der Waals surface area (Å²) in [4.78, 5) is 32.6. The lowest BCUT2D eigenvalue weighted by molar-refractivity contribution is -0.123. The van der Waals surface area contributed by atoms with Gasteiger partial charge < -0.3 is 25.6 Å². The third kappa shape index (κ3) is 5.36. The zero-order chi connectivity index (χ0) is 24.2. The van der Waals surface area contributed by atoms with Crippen molar-refractivity contribution in [1.29, 1.82) is 0 Å². The second kappa shape index (κ2) is 10.2. The third-order valence-corrected chi connectivity index (χ3v) is 6.18. The molecule has 2 amide bonds. The van der Waals surface area contributed by atoms with Crippen molar-refractivity contribution in [3.63, 3.8) is 0 Å². The molecule has 2 aliphatic rings. The van der Waals surface area contributed by atoms with Gasteiger partial charge in [0, 0.05) is 49.9 Å². The number of fused-ring (bicyclic) bond motifs is 1. The maximum atomic E-state index is 14.3. The van der Waals surface area contributed by atoms with Crippen LogP contribution in [0.5, 0.6) is 5.75 Å². The molecule has 2 aromatic rings. The number of aliphatic imine (C=N–C) groups is 1. The standard InChI is InChI=1S/C25H30FN5O3/c1-3-22(32)29-24(27)16-4-7-19(8-5-16)28-25(33)21-9-6-17-14-18(26)15-20(23(17)34-21)31-12-10-30(2)11-13-31/h4-5,7-8,14-15,21H,3,6,9-13H2,1-2H3,(H,28,33)(H2,27,29,32). The Bertz CT molecular complexity index is 1090. The van der Waals surface area contributed by atoms with Gasteiger partial charge in [0.15, 0.2) is 6.10 Å². The number of amidine groups is 1. The summed E-state index contributed by atoms with van der Waals surface area (Å²) < 4.78 is 20.4. The van der Waals surface area contributed by atoms with Gasteiger partial charge >= 0.3 is 0 Å². The molecular formula is C25H30FN5O3. The summed E-state index contributed by atoms with van der Waals surface area (Å²) in [6.45, 7) is 5.03. The Morgan fingerprint density at radius 2 is 1.88 bits per heavy atom. The number of halogens is 1. The molecule has 1 unspecified atom stereocenters. The van der Waals surface area contributed by atoms with Gasteiger partial charge in [-0.3, -0.25) is 9.59 Å². The van der Waals surface area contributed by atoms with Crippen molar-refractivity contribution in [1.82, 2.24) is 4.90 Å². The molecule has 9 heteroatoms. The molecule has 3 N–H and O–H groups in total. The number of likely N-dealkylation sites (N-methyl/N-ethyl adjacent to an activating group) is 1. The lowest BCUT2D eigenvalue weighted by Crippen LogP contribution is -2.45. The van der Waals surface area contributed by atoms with E-state index in [1.54, 1.807) is 31.2 Å². The number of nitrogens with two attached hydrogens (primary N) is 1. The fraction of sp³-hybridized carbons (Fsp3) is 0.400. The van der Waals surface area contributed by atoms with Crippen LogP contribution in [0.1, 0.15) is 30.9 Å². The van der Waals surface area contributed by atoms with Gasteiger partial charge in [-0.15, -0.1) is 0 Å². The number of amides is 2. The number of nitrogens with zero attached hydrogens (tertiary/aromatic N) is 3. The van der Waals surface area contributed by atoms with Gasteiger partial charge in [-0.25, -0.2) is 4.39 Å². The van der Waals surface area contributed by atoms with Gasteiger partial charge in [-0.2, -0.15) is 4.99 Å². The first-order chi connectivity index (χ1) is 16.3. The van der Waals surface area contributed by atoms with Crippen LogP contribution >= 0.6 is 0 Å². The Morgan fingerprint density at radius 3 is 2.56 bits per heavy atom. The quantitative estimate of drug-likeness (QED) is 0.518. The lowest BCUT2D eigenvalue weighted by Gasteiger charge is -2.37. The summed E-state index contributed by atoms with van der Waals surface area (Å²) >= 11 is 0. The van der Waals surface area contributed by atoms with Crippen molar-refractivity contribution in [2.75, 3.05) is 43.4 Å². The van der Waals surface area contributed by atoms with Gasteiger partial charge in [0.1, 0.15) is 17.4 Å². The van der Waals surface area contributed by atoms with Crippen LogP contribution in [0.3, 0.4) is 0 Å². The van der Waals surface area contributed by atoms with Crippen LogP contribution in [0.15, 0.2) is 41.4 Å². The Morgan fingerprint density at radius 1 is 1.18 bits per heavy atom. The number of hydrogen-bond donors (Lipinski definition) is 2. The normalized spacial score (nSPS) is 18.7. The van der Waals surface area contributed by atoms with Crippen molar-refractivity contribution >= 4 is 29.0 Å². The SMILES string of the molecule is CCC(=O)N=C(N)c1ccc(NC(=O)C2CCc3cc(F)cc(N4CCN(C)CC4)c3O2)cc1. The zero-order valence-electron chi connectivity index (χ0n) is 19.5. The molecule has 1 atom stereocenters. The molecule has 2 heterocycles. The first kappa shape index (κ1) is 23.7. The highest BCUT2D eigenvalue weighted by atomic mass is 19.1. The van der Waals surface area contributed by atoms with E-state index in [-0.39, 0.29) is 29.9 Å². The summed E-state index contributed by atoms with van der Waals surface area (Å²) in [7, 11) is 2.06. The van der Waals surface area contributed by atoms with Crippen LogP contribution < -0.4 is 20.7 Å². The fourth-order valence-electron chi connectivity index (χ4n) is 4.14. The molecule has 0 bridgehead atoms. The zero-order valence-corrected chi connectivity index (χ0v) is 19.5. The molecule has 34 heavy (non-hydrogen) atoms. The second-order valence-electron chi connectivity index (χ2n) is 8.66. The summed E-state index contributed by atoms with van der Waals surface area (Å²) in [5, 5.41) is 2.87. The van der Waals surface area contributed by atoms with Gasteiger partial charge in [0.25, 0.3) is 5.91 Å². The maximum absolute atomic E-state index is 14.3. The van der Waals surface area contributed by atoms with Crippen LogP contribution in [-0.4, -0.2) is 61.9 Å². The minimum absolute atomic E-state index is 0.139. The van der Waals surface area contributed by atoms with Gasteiger partial charge in [0.05, 0.1) is 5.69 Å². The number of benzene rings is 2. The average Bonchev–Trinajstić information content (AvgIpc) is 2.84. The Hall–Kier alpha value is -3.46. The molecule has 8 nitrogen and oxygen atoms in total. The number of carbonyl (C=O) groups is 2. The van der Waals surface area contributed by atoms with Crippen molar-refractivity contribution in [3.8, 4) is 5.75 Å². The number of ether oxygens (including phenoxy) is 1. The molecule has 0 spiro atoms. The molecule has 180 valence electrons. The topological polar surface area (TPSA) is 100 Å². The number of carbonyl (C=O) groups excluding carboxylic acids is 2. The van der Waals surface area contributed by atoms with E-state index in [1.807, 2.05) is 0 Å². The molecule has 0 aliphatic carbocycles. The average molecular weight is 468 g/mol. The van der Waals surface area contributed by atoms with Gasteiger partial charge in [0.2, 0.25) is 5.91 Å². The fourth-order valence-corrected chi connectivity index (χ4v) is 4.14. The van der Waals surface area contributed by atoms with E-state index in [4.69, 9.17) is 10.5 Å². The molecular weight excluding hydrogens is 437 g/mol. The first-order valence-electron chi connectivity index (χ1n) is 11.5. The van der Waals surface area contributed by atoms with E-state index in [2.05, 4.69) is 27.2 Å². The highest BCUT2D eigenvalue weighted by molar-refractivity contribution is 6.04. The minimum atomic E-state index is -0.683. The van der Waals surface area contributed by atoms with Crippen molar-refractivity contribution in [2.45, 2.75) is 32.3 Å². The van der Waals surface area contributed by atoms with Crippen LogP contribution in [-0.2, 0) is 16.0 Å². The Kier molecular flexibility index (Phi) is 7.12. The van der Waals surface area contributed by atoms with E-state index in [9.17, 15) is 14.0 Å². The number of piperazine rings is 1. The molecule has 0 aromatic heterocycles. The molecule has 2 aromatic carbocycles. The van der Waals surface area contributed by atoms with E-state index in [0.717, 1.165) is 31.7 Å². The summed E-state index contributed by atoms with van der Waals surface area (Å²) in [5.41, 5.74) is 8.55. The van der Waals surface area contributed by atoms with E-state index in [1.165, 1.54) is 12.1 Å². The lowest BCUT2D eigenvalue weighted by atomic mass is 9.99. The minimum Gasteiger partial charge on any atom is -0.478 e. The summed E-state index contributed by atoms with van der Waals surface area (Å²) in [6, 6.07) is 9.79. The van der Waals surface area contributed by atoms with Crippen LogP contribution in [0.2, 0.25) is 0 Å². The Balaban J connectivity index is 1.46. The number of aryl methyl sites for hydroxylation is 1. The largest absolute Gasteiger partial charge is 0.478 e. The predicted molar refractivity (Wildman–Crippen MR) is 130 cm³/mol. The number of nitrogens with one attached hydrogen (secondary N) is 1. The molecule has 0 radical (unpaired) electrons. The van der Waals surface area contributed by atoms with Gasteiger partial charge in [-0.05, 0) is 55.8 Å². The monoisotopic (exact) mass is 467 g/mol. The van der Waals surface area contributed by atoms with Crippen molar-refractivity contribution in [3.05, 3.63) is 53.3 Å². The smallest absolute Gasteiger partial charge is 0.265 e. The molecule has 2 aliphatic heterocycles. The van der Waals surface area contributed by atoms with Crippen LogP contribution in [0, 0.1) is 5.82 Å². The predicted octanol–water partition coefficient (Wildman–Crippen LogP) is 2.55. The summed E-state index contributed by atoms with van der Waals surface area (Å²) in [5.74, 6) is -0.115. The van der Waals surface area contributed by atoms with Gasteiger partial charge in [-0.1, -0.05) is 6.92 Å². The van der Waals surface area contributed by atoms with E-state index in [0.29, 0.717) is 35.5 Å². The number of anilines is 2. The molecule has 4 rings (SSSR count). The van der Waals surface area contributed by atoms with Crippen LogP contribution in [0.25, 0.3) is 0 Å². The number of rotatable bonds is 5. The molecule has 1 saturated heterocycles.